The topological polar surface area (TPSA) is 102 Å². The first-order valence-electron chi connectivity index (χ1n) is 9.15. The van der Waals surface area contributed by atoms with E-state index in [0.717, 1.165) is 16.6 Å². The van der Waals surface area contributed by atoms with Crippen molar-refractivity contribution < 1.29 is 14.4 Å². The lowest BCUT2D eigenvalue weighted by Gasteiger charge is -2.01. The average molecular weight is 399 g/mol. The molecule has 1 heterocycles. The Morgan fingerprint density at radius 2 is 1.90 bits per heavy atom. The Labute approximate surface area is 171 Å². The molecule has 0 unspecified atom stereocenters. The summed E-state index contributed by atoms with van der Waals surface area (Å²) in [6, 6.07) is 16.9. The number of oxazole rings is 1. The van der Waals surface area contributed by atoms with Crippen molar-refractivity contribution in [2.24, 2.45) is 4.99 Å². The van der Waals surface area contributed by atoms with Gasteiger partial charge in [0, 0.05) is 18.3 Å². The minimum Gasteiger partial charge on any atom is -0.507 e. The number of aromatic hydroxyl groups is 1. The zero-order chi connectivity index (χ0) is 21.1. The van der Waals surface area contributed by atoms with Crippen LogP contribution < -0.4 is 0 Å². The van der Waals surface area contributed by atoms with Crippen molar-refractivity contribution in [1.29, 1.82) is 0 Å². The Morgan fingerprint density at radius 3 is 2.67 bits per heavy atom. The van der Waals surface area contributed by atoms with Gasteiger partial charge < -0.3 is 9.52 Å². The number of aryl methyl sites for hydroxylation is 1. The highest BCUT2D eigenvalue weighted by molar-refractivity contribution is 5.82. The minimum absolute atomic E-state index is 0.0480. The molecule has 0 aliphatic heterocycles. The van der Waals surface area contributed by atoms with E-state index in [1.54, 1.807) is 48.7 Å². The van der Waals surface area contributed by atoms with Gasteiger partial charge in [0.05, 0.1) is 16.2 Å². The van der Waals surface area contributed by atoms with Crippen LogP contribution in [0.1, 0.15) is 11.1 Å². The van der Waals surface area contributed by atoms with Gasteiger partial charge in [-0.25, -0.2) is 4.98 Å². The van der Waals surface area contributed by atoms with Gasteiger partial charge in [-0.1, -0.05) is 12.1 Å². The molecule has 148 valence electrons. The molecule has 0 saturated carbocycles. The molecule has 0 fully saturated rings. The van der Waals surface area contributed by atoms with Crippen LogP contribution in [0.3, 0.4) is 0 Å². The lowest BCUT2D eigenvalue weighted by atomic mass is 10.1. The van der Waals surface area contributed by atoms with E-state index in [4.69, 9.17) is 4.42 Å². The third kappa shape index (κ3) is 4.10. The van der Waals surface area contributed by atoms with E-state index in [9.17, 15) is 15.2 Å². The van der Waals surface area contributed by atoms with Crippen molar-refractivity contribution >= 4 is 34.8 Å². The number of benzene rings is 3. The Morgan fingerprint density at radius 1 is 1.10 bits per heavy atom. The number of aliphatic imine (C=N–C) groups is 1. The maximum absolute atomic E-state index is 10.7. The Kier molecular flexibility index (Phi) is 5.09. The number of hydrogen-bond acceptors (Lipinski definition) is 6. The summed E-state index contributed by atoms with van der Waals surface area (Å²) in [5, 5.41) is 20.9. The molecule has 0 aliphatic carbocycles. The Balaban J connectivity index is 1.54. The molecule has 30 heavy (non-hydrogen) atoms. The van der Waals surface area contributed by atoms with E-state index in [1.807, 2.05) is 25.1 Å². The number of fused-ring (bicyclic) bond motifs is 1. The molecule has 0 saturated heterocycles. The van der Waals surface area contributed by atoms with E-state index >= 15 is 0 Å². The molecule has 0 atom stereocenters. The predicted octanol–water partition coefficient (Wildman–Crippen LogP) is 5.83. The van der Waals surface area contributed by atoms with Crippen LogP contribution in [0, 0.1) is 17.0 Å². The molecule has 1 N–H and O–H groups in total. The molecule has 0 radical (unpaired) electrons. The summed E-state index contributed by atoms with van der Waals surface area (Å²) in [6.07, 6.45) is 5.13. The van der Waals surface area contributed by atoms with Crippen LogP contribution in [0.4, 0.5) is 11.4 Å². The normalized spacial score (nSPS) is 11.6. The molecule has 4 rings (SSSR count). The van der Waals surface area contributed by atoms with Gasteiger partial charge in [-0.15, -0.1) is 0 Å². The second-order valence-electron chi connectivity index (χ2n) is 6.68. The van der Waals surface area contributed by atoms with Crippen LogP contribution in [0.2, 0.25) is 0 Å². The number of rotatable bonds is 5. The quantitative estimate of drug-likeness (QED) is 0.258. The zero-order valence-corrected chi connectivity index (χ0v) is 16.0. The molecule has 0 amide bonds. The number of aromatic nitrogens is 1. The molecule has 3 aromatic carbocycles. The molecular weight excluding hydrogens is 382 g/mol. The first kappa shape index (κ1) is 19.1. The van der Waals surface area contributed by atoms with Crippen molar-refractivity contribution in [3.8, 4) is 17.2 Å². The third-order valence-corrected chi connectivity index (χ3v) is 4.46. The fourth-order valence-corrected chi connectivity index (χ4v) is 2.91. The monoisotopic (exact) mass is 399 g/mol. The van der Waals surface area contributed by atoms with E-state index in [2.05, 4.69) is 9.98 Å². The number of nitrogens with zero attached hydrogens (tertiary/aromatic N) is 3. The molecule has 7 heteroatoms. The smallest absolute Gasteiger partial charge is 0.269 e. The summed E-state index contributed by atoms with van der Waals surface area (Å²) in [7, 11) is 0. The number of hydrogen-bond donors (Lipinski definition) is 1. The highest BCUT2D eigenvalue weighted by atomic mass is 16.6. The van der Waals surface area contributed by atoms with E-state index in [0.29, 0.717) is 22.7 Å². The van der Waals surface area contributed by atoms with Gasteiger partial charge >= 0.3 is 0 Å². The molecule has 1 aromatic heterocycles. The first-order chi connectivity index (χ1) is 14.5. The fourth-order valence-electron chi connectivity index (χ4n) is 2.91. The van der Waals surface area contributed by atoms with Crippen LogP contribution >= 0.6 is 0 Å². The van der Waals surface area contributed by atoms with Gasteiger partial charge in [0.1, 0.15) is 11.3 Å². The lowest BCUT2D eigenvalue weighted by molar-refractivity contribution is -0.384. The second kappa shape index (κ2) is 8.00. The third-order valence-electron chi connectivity index (χ3n) is 4.46. The number of nitro benzene ring substituents is 1. The van der Waals surface area contributed by atoms with Crippen molar-refractivity contribution in [3.63, 3.8) is 0 Å². The maximum atomic E-state index is 10.7. The van der Waals surface area contributed by atoms with Gasteiger partial charge in [-0.3, -0.25) is 15.1 Å². The summed E-state index contributed by atoms with van der Waals surface area (Å²) in [4.78, 5) is 19.1. The molecule has 7 nitrogen and oxygen atoms in total. The van der Waals surface area contributed by atoms with E-state index in [1.165, 1.54) is 12.1 Å². The number of phenolic OH excluding ortho intramolecular Hbond substituents is 1. The van der Waals surface area contributed by atoms with E-state index < -0.39 is 4.92 Å². The van der Waals surface area contributed by atoms with Crippen LogP contribution in [0.25, 0.3) is 28.6 Å². The average Bonchev–Trinajstić information content (AvgIpc) is 3.15. The van der Waals surface area contributed by atoms with Crippen LogP contribution in [-0.4, -0.2) is 21.2 Å². The molecular formula is C23H17N3O4. The standard InChI is InChI=1S/C23H17N3O4/c1-15-4-10-20-22(13-15)30-23(25-20)19-14-17(7-11-21(19)27)24-12-2-3-16-5-8-18(9-6-16)26(28)29/h2-14,27H,1H3/b3-2-,24-12?. The van der Waals surface area contributed by atoms with E-state index in [-0.39, 0.29) is 11.4 Å². The second-order valence-corrected chi connectivity index (χ2v) is 6.68. The summed E-state index contributed by atoms with van der Waals surface area (Å²) in [5.74, 6) is 0.380. The highest BCUT2D eigenvalue weighted by Gasteiger charge is 2.13. The van der Waals surface area contributed by atoms with Gasteiger partial charge in [0.15, 0.2) is 5.58 Å². The summed E-state index contributed by atoms with van der Waals surface area (Å²) >= 11 is 0. The first-order valence-corrected chi connectivity index (χ1v) is 9.15. The van der Waals surface area contributed by atoms with Crippen LogP contribution in [-0.2, 0) is 0 Å². The highest BCUT2D eigenvalue weighted by Crippen LogP contribution is 2.34. The number of allylic oxidation sites excluding steroid dienone is 1. The SMILES string of the molecule is Cc1ccc2nc(-c3cc(N=C/C=C\c4ccc([N+](=O)[O-])cc4)ccc3O)oc2c1. The van der Waals surface area contributed by atoms with Crippen LogP contribution in [0.15, 0.2) is 76.1 Å². The zero-order valence-electron chi connectivity index (χ0n) is 16.0. The van der Waals surface area contributed by atoms with Crippen molar-refractivity contribution in [2.45, 2.75) is 6.92 Å². The maximum Gasteiger partial charge on any atom is 0.269 e. The minimum atomic E-state index is -0.435. The molecule has 0 spiro atoms. The summed E-state index contributed by atoms with van der Waals surface area (Å²) < 4.78 is 5.80. The molecule has 4 aromatic rings. The van der Waals surface area contributed by atoms with Gasteiger partial charge in [-0.2, -0.15) is 0 Å². The summed E-state index contributed by atoms with van der Waals surface area (Å²) in [5.41, 5.74) is 4.38. The van der Waals surface area contributed by atoms with Crippen LogP contribution in [0.5, 0.6) is 5.75 Å². The van der Waals surface area contributed by atoms with Crippen molar-refractivity contribution in [1.82, 2.24) is 4.98 Å². The lowest BCUT2D eigenvalue weighted by Crippen LogP contribution is -1.86. The fraction of sp³-hybridized carbons (Fsp3) is 0.0435. The largest absolute Gasteiger partial charge is 0.507 e. The Bertz CT molecular complexity index is 1290. The summed E-state index contributed by atoms with van der Waals surface area (Å²) in [6.45, 7) is 1.97. The number of phenols is 1. The predicted molar refractivity (Wildman–Crippen MR) is 116 cm³/mol. The van der Waals surface area contributed by atoms with Gasteiger partial charge in [0.25, 0.3) is 5.69 Å². The number of non-ortho nitro benzene ring substituents is 1. The van der Waals surface area contributed by atoms with Gasteiger partial charge in [-0.05, 0) is 66.6 Å². The molecule has 0 aliphatic rings. The van der Waals surface area contributed by atoms with Crippen molar-refractivity contribution in [3.05, 3.63) is 88.0 Å². The Hall–Kier alpha value is -4.26. The number of nitro groups is 1. The van der Waals surface area contributed by atoms with Gasteiger partial charge in [0.2, 0.25) is 5.89 Å². The molecule has 0 bridgehead atoms. The van der Waals surface area contributed by atoms with Crippen molar-refractivity contribution in [2.75, 3.05) is 0 Å².